The van der Waals surface area contributed by atoms with E-state index in [2.05, 4.69) is 22.2 Å². The molecule has 1 aliphatic rings. The van der Waals surface area contributed by atoms with E-state index in [-0.39, 0.29) is 18.2 Å². The van der Waals surface area contributed by atoms with Gasteiger partial charge in [-0.15, -0.1) is 0 Å². The second-order valence-corrected chi connectivity index (χ2v) is 6.37. The maximum Gasteiger partial charge on any atom is 0.242 e. The lowest BCUT2D eigenvalue weighted by molar-refractivity contribution is 0.149. The lowest BCUT2D eigenvalue weighted by atomic mass is 9.77. The molecule has 0 amide bonds. The van der Waals surface area contributed by atoms with Gasteiger partial charge in [-0.2, -0.15) is 4.98 Å². The molecule has 4 N–H and O–H groups in total. The van der Waals surface area contributed by atoms with Crippen LogP contribution in [0.2, 0.25) is 0 Å². The highest BCUT2D eigenvalue weighted by Gasteiger charge is 2.35. The molecule has 0 spiro atoms. The van der Waals surface area contributed by atoms with E-state index in [4.69, 9.17) is 10.5 Å². The second-order valence-electron chi connectivity index (χ2n) is 6.37. The topological polar surface area (TPSA) is 93.3 Å². The van der Waals surface area contributed by atoms with Crippen LogP contribution in [0.15, 0.2) is 6.33 Å². The average molecular weight is 294 g/mol. The molecule has 1 heterocycles. The molecule has 2 unspecified atom stereocenters. The predicted octanol–water partition coefficient (Wildman–Crippen LogP) is 2.20. The van der Waals surface area contributed by atoms with Crippen LogP contribution in [-0.2, 0) is 0 Å². The Hall–Kier alpha value is -1.56. The molecule has 21 heavy (non-hydrogen) atoms. The number of aliphatic hydroxyl groups is 1. The second kappa shape index (κ2) is 6.47. The standard InChI is InChI=1S/C15H26N4O2/c1-10(2)21-14-12(16)13(17-9-18-14)19-15(8-20)6-4-5-11(3)7-15/h9-11,20H,4-8,16H2,1-3H3,(H,17,18,19). The van der Waals surface area contributed by atoms with Crippen molar-refractivity contribution >= 4 is 11.5 Å². The molecule has 6 nitrogen and oxygen atoms in total. The van der Waals surface area contributed by atoms with Crippen molar-refractivity contribution in [2.24, 2.45) is 5.92 Å². The van der Waals surface area contributed by atoms with Crippen LogP contribution in [0.3, 0.4) is 0 Å². The van der Waals surface area contributed by atoms with Gasteiger partial charge in [-0.25, -0.2) is 4.98 Å². The molecule has 2 rings (SSSR count). The fraction of sp³-hybridized carbons (Fsp3) is 0.733. The van der Waals surface area contributed by atoms with E-state index >= 15 is 0 Å². The zero-order valence-electron chi connectivity index (χ0n) is 13.1. The highest BCUT2D eigenvalue weighted by molar-refractivity contribution is 5.67. The zero-order chi connectivity index (χ0) is 15.5. The van der Waals surface area contributed by atoms with Crippen LogP contribution in [-0.4, -0.2) is 33.3 Å². The minimum absolute atomic E-state index is 0.00319. The Bertz CT molecular complexity index is 481. The number of nitrogen functional groups attached to an aromatic ring is 1. The van der Waals surface area contributed by atoms with Crippen molar-refractivity contribution in [3.05, 3.63) is 6.33 Å². The van der Waals surface area contributed by atoms with Gasteiger partial charge in [0.25, 0.3) is 0 Å². The minimum Gasteiger partial charge on any atom is -0.473 e. The zero-order valence-corrected chi connectivity index (χ0v) is 13.1. The van der Waals surface area contributed by atoms with Crippen LogP contribution >= 0.6 is 0 Å². The summed E-state index contributed by atoms with van der Waals surface area (Å²) in [6.45, 7) is 6.13. The third kappa shape index (κ3) is 3.75. The molecule has 2 atom stereocenters. The Kier molecular flexibility index (Phi) is 4.88. The Balaban J connectivity index is 2.21. The smallest absolute Gasteiger partial charge is 0.242 e. The number of aromatic nitrogens is 2. The van der Waals surface area contributed by atoms with Gasteiger partial charge in [0, 0.05) is 0 Å². The molecule has 0 radical (unpaired) electrons. The first-order valence-electron chi connectivity index (χ1n) is 7.62. The van der Waals surface area contributed by atoms with E-state index < -0.39 is 0 Å². The van der Waals surface area contributed by atoms with Gasteiger partial charge >= 0.3 is 0 Å². The number of aliphatic hydroxyl groups excluding tert-OH is 1. The number of hydrogen-bond donors (Lipinski definition) is 3. The highest BCUT2D eigenvalue weighted by atomic mass is 16.5. The molecule has 6 heteroatoms. The lowest BCUT2D eigenvalue weighted by Crippen LogP contribution is -2.46. The van der Waals surface area contributed by atoms with Gasteiger partial charge in [-0.1, -0.05) is 19.8 Å². The number of rotatable bonds is 5. The van der Waals surface area contributed by atoms with Crippen LogP contribution in [0.25, 0.3) is 0 Å². The van der Waals surface area contributed by atoms with Crippen LogP contribution in [0.4, 0.5) is 11.5 Å². The van der Waals surface area contributed by atoms with Gasteiger partial charge in [0.2, 0.25) is 5.88 Å². The maximum absolute atomic E-state index is 9.85. The van der Waals surface area contributed by atoms with Gasteiger partial charge in [-0.3, -0.25) is 0 Å². The quantitative estimate of drug-likeness (QED) is 0.771. The largest absolute Gasteiger partial charge is 0.473 e. The van der Waals surface area contributed by atoms with Crippen LogP contribution < -0.4 is 15.8 Å². The summed E-state index contributed by atoms with van der Waals surface area (Å²) in [7, 11) is 0. The first-order valence-corrected chi connectivity index (χ1v) is 7.62. The number of ether oxygens (including phenoxy) is 1. The molecular weight excluding hydrogens is 268 g/mol. The van der Waals surface area contributed by atoms with E-state index in [1.54, 1.807) is 0 Å². The van der Waals surface area contributed by atoms with E-state index in [0.29, 0.717) is 23.3 Å². The summed E-state index contributed by atoms with van der Waals surface area (Å²) in [6, 6.07) is 0. The molecule has 0 bridgehead atoms. The van der Waals surface area contributed by atoms with E-state index in [1.165, 1.54) is 12.7 Å². The lowest BCUT2D eigenvalue weighted by Gasteiger charge is -2.40. The fourth-order valence-corrected chi connectivity index (χ4v) is 3.00. The summed E-state index contributed by atoms with van der Waals surface area (Å²) < 4.78 is 5.58. The minimum atomic E-state index is -0.352. The highest BCUT2D eigenvalue weighted by Crippen LogP contribution is 2.36. The van der Waals surface area contributed by atoms with Crippen molar-refractivity contribution in [2.75, 3.05) is 17.7 Å². The predicted molar refractivity (Wildman–Crippen MR) is 83.3 cm³/mol. The van der Waals surface area contributed by atoms with Crippen molar-refractivity contribution in [2.45, 2.75) is 58.1 Å². The van der Waals surface area contributed by atoms with Gasteiger partial charge in [0.15, 0.2) is 5.82 Å². The molecular formula is C15H26N4O2. The molecule has 0 aromatic carbocycles. The number of nitrogens with one attached hydrogen (secondary N) is 1. The molecule has 0 saturated heterocycles. The third-order valence-corrected chi connectivity index (χ3v) is 3.97. The van der Waals surface area contributed by atoms with Gasteiger partial charge in [0.1, 0.15) is 12.0 Å². The average Bonchev–Trinajstić information content (AvgIpc) is 2.43. The maximum atomic E-state index is 9.85. The summed E-state index contributed by atoms with van der Waals surface area (Å²) in [4.78, 5) is 8.29. The van der Waals surface area contributed by atoms with Gasteiger partial charge < -0.3 is 20.9 Å². The number of nitrogens with two attached hydrogens (primary N) is 1. The van der Waals surface area contributed by atoms with Crippen LogP contribution in [0.5, 0.6) is 5.88 Å². The van der Waals surface area contributed by atoms with Crippen molar-refractivity contribution in [3.8, 4) is 5.88 Å². The fourth-order valence-electron chi connectivity index (χ4n) is 3.00. The normalized spacial score (nSPS) is 25.9. The molecule has 0 aliphatic heterocycles. The van der Waals surface area contributed by atoms with Gasteiger partial charge in [0.05, 0.1) is 18.2 Å². The molecule has 1 saturated carbocycles. The first-order chi connectivity index (χ1) is 9.96. The summed E-state index contributed by atoms with van der Waals surface area (Å²) >= 11 is 0. The molecule has 1 aliphatic carbocycles. The molecule has 1 aromatic rings. The number of hydrogen-bond acceptors (Lipinski definition) is 6. The summed E-state index contributed by atoms with van der Waals surface area (Å²) in [5.74, 6) is 1.51. The summed E-state index contributed by atoms with van der Waals surface area (Å²) in [5.41, 5.74) is 6.15. The molecule has 118 valence electrons. The van der Waals surface area contributed by atoms with Crippen LogP contribution in [0, 0.1) is 5.92 Å². The summed E-state index contributed by atoms with van der Waals surface area (Å²) in [5, 5.41) is 13.2. The van der Waals surface area contributed by atoms with Crippen molar-refractivity contribution < 1.29 is 9.84 Å². The van der Waals surface area contributed by atoms with Crippen LogP contribution in [0.1, 0.15) is 46.5 Å². The molecule has 1 aromatic heterocycles. The van der Waals surface area contributed by atoms with E-state index in [1.807, 2.05) is 13.8 Å². The van der Waals surface area contributed by atoms with Gasteiger partial charge in [-0.05, 0) is 32.6 Å². The number of nitrogens with zero attached hydrogens (tertiary/aromatic N) is 2. The molecule has 1 fully saturated rings. The SMILES string of the molecule is CC1CCCC(CO)(Nc2ncnc(OC(C)C)c2N)C1. The Labute approximate surface area is 126 Å². The van der Waals surface area contributed by atoms with E-state index in [0.717, 1.165) is 19.3 Å². The Morgan fingerprint density at radius 3 is 2.90 bits per heavy atom. The summed E-state index contributed by atoms with van der Waals surface area (Å²) in [6.07, 6.45) is 5.55. The Morgan fingerprint density at radius 1 is 1.52 bits per heavy atom. The first kappa shape index (κ1) is 15.8. The van der Waals surface area contributed by atoms with Crippen molar-refractivity contribution in [1.82, 2.24) is 9.97 Å². The monoisotopic (exact) mass is 294 g/mol. The Morgan fingerprint density at radius 2 is 2.29 bits per heavy atom. The van der Waals surface area contributed by atoms with E-state index in [9.17, 15) is 5.11 Å². The van der Waals surface area contributed by atoms with Crippen molar-refractivity contribution in [3.63, 3.8) is 0 Å². The van der Waals surface area contributed by atoms with Crippen molar-refractivity contribution in [1.29, 1.82) is 0 Å². The number of anilines is 2. The third-order valence-electron chi connectivity index (χ3n) is 3.97.